The zero-order valence-electron chi connectivity index (χ0n) is 10.9. The molecule has 1 aromatic rings. The van der Waals surface area contributed by atoms with Gasteiger partial charge in [0.05, 0.1) is 13.2 Å². The van der Waals surface area contributed by atoms with Crippen molar-refractivity contribution in [2.75, 3.05) is 19.7 Å². The van der Waals surface area contributed by atoms with Crippen LogP contribution in [0.2, 0.25) is 0 Å². The fourth-order valence-corrected chi connectivity index (χ4v) is 2.85. The molecule has 0 spiro atoms. The highest BCUT2D eigenvalue weighted by Crippen LogP contribution is 2.35. The van der Waals surface area contributed by atoms with Crippen LogP contribution in [0.5, 0.6) is 5.75 Å². The SMILES string of the molecule is NC(=O)CN1CC(c2cc3c(cc2F)OCC3)CC1=O. The van der Waals surface area contributed by atoms with Crippen molar-refractivity contribution in [3.63, 3.8) is 0 Å². The summed E-state index contributed by atoms with van der Waals surface area (Å²) in [5.74, 6) is -0.714. The van der Waals surface area contributed by atoms with Gasteiger partial charge in [0.1, 0.15) is 11.6 Å². The molecule has 0 aromatic heterocycles. The quantitative estimate of drug-likeness (QED) is 0.878. The predicted octanol–water partition coefficient (Wildman–Crippen LogP) is 0.562. The van der Waals surface area contributed by atoms with Crippen molar-refractivity contribution in [1.82, 2.24) is 4.90 Å². The molecule has 106 valence electrons. The summed E-state index contributed by atoms with van der Waals surface area (Å²) in [4.78, 5) is 24.1. The van der Waals surface area contributed by atoms with Crippen molar-refractivity contribution in [2.45, 2.75) is 18.8 Å². The lowest BCUT2D eigenvalue weighted by Crippen LogP contribution is -2.34. The fourth-order valence-electron chi connectivity index (χ4n) is 2.85. The molecule has 20 heavy (non-hydrogen) atoms. The normalized spacial score (nSPS) is 20.9. The summed E-state index contributed by atoms with van der Waals surface area (Å²) in [6.45, 7) is 0.791. The second-order valence-corrected chi connectivity index (χ2v) is 5.22. The van der Waals surface area contributed by atoms with Gasteiger partial charge in [0.2, 0.25) is 11.8 Å². The summed E-state index contributed by atoms with van der Waals surface area (Å²) >= 11 is 0. The van der Waals surface area contributed by atoms with E-state index in [0.29, 0.717) is 24.5 Å². The molecule has 2 amide bonds. The second kappa shape index (κ2) is 4.77. The topological polar surface area (TPSA) is 72.6 Å². The molecule has 1 unspecified atom stereocenters. The lowest BCUT2D eigenvalue weighted by atomic mass is 9.95. The zero-order chi connectivity index (χ0) is 14.3. The number of hydrogen-bond acceptors (Lipinski definition) is 3. The molecule has 1 aromatic carbocycles. The van der Waals surface area contributed by atoms with Gasteiger partial charge in [-0.1, -0.05) is 0 Å². The van der Waals surface area contributed by atoms with Gasteiger partial charge in [-0.3, -0.25) is 9.59 Å². The van der Waals surface area contributed by atoms with Gasteiger partial charge in [0.15, 0.2) is 0 Å². The van der Waals surface area contributed by atoms with Crippen LogP contribution in [0.25, 0.3) is 0 Å². The Hall–Kier alpha value is -2.11. The molecule has 0 aliphatic carbocycles. The summed E-state index contributed by atoms with van der Waals surface area (Å²) < 4.78 is 19.4. The molecule has 0 saturated carbocycles. The molecule has 6 heteroatoms. The minimum absolute atomic E-state index is 0.106. The Balaban J connectivity index is 1.84. The monoisotopic (exact) mass is 278 g/mol. The van der Waals surface area contributed by atoms with E-state index in [-0.39, 0.29) is 30.6 Å². The highest BCUT2D eigenvalue weighted by Gasteiger charge is 2.33. The van der Waals surface area contributed by atoms with Crippen LogP contribution in [0.1, 0.15) is 23.5 Å². The predicted molar refractivity (Wildman–Crippen MR) is 68.7 cm³/mol. The van der Waals surface area contributed by atoms with E-state index in [2.05, 4.69) is 0 Å². The zero-order valence-corrected chi connectivity index (χ0v) is 10.9. The molecule has 5 nitrogen and oxygen atoms in total. The third kappa shape index (κ3) is 2.21. The van der Waals surface area contributed by atoms with Crippen LogP contribution in [-0.2, 0) is 16.0 Å². The van der Waals surface area contributed by atoms with Crippen LogP contribution in [-0.4, -0.2) is 36.4 Å². The number of carbonyl (C=O) groups excluding carboxylic acids is 2. The molecule has 2 N–H and O–H groups in total. The van der Waals surface area contributed by atoms with Gasteiger partial charge in [-0.05, 0) is 17.2 Å². The van der Waals surface area contributed by atoms with Crippen molar-refractivity contribution in [3.8, 4) is 5.75 Å². The number of nitrogens with zero attached hydrogens (tertiary/aromatic N) is 1. The fraction of sp³-hybridized carbons (Fsp3) is 0.429. The Labute approximate surface area is 115 Å². The Kier molecular flexibility index (Phi) is 3.08. The third-order valence-corrected chi connectivity index (χ3v) is 3.81. The van der Waals surface area contributed by atoms with Crippen molar-refractivity contribution in [2.24, 2.45) is 5.73 Å². The average Bonchev–Trinajstić information content (AvgIpc) is 2.94. The molecule has 0 bridgehead atoms. The highest BCUT2D eigenvalue weighted by molar-refractivity contribution is 5.85. The van der Waals surface area contributed by atoms with Gasteiger partial charge in [-0.2, -0.15) is 0 Å². The minimum Gasteiger partial charge on any atom is -0.493 e. The first-order valence-electron chi connectivity index (χ1n) is 6.56. The van der Waals surface area contributed by atoms with Crippen LogP contribution in [0.4, 0.5) is 4.39 Å². The van der Waals surface area contributed by atoms with Crippen LogP contribution in [0.15, 0.2) is 12.1 Å². The number of halogens is 1. The molecular weight excluding hydrogens is 263 g/mol. The molecule has 2 aliphatic rings. The molecule has 1 atom stereocenters. The van der Waals surface area contributed by atoms with Gasteiger partial charge in [-0.15, -0.1) is 0 Å². The van der Waals surface area contributed by atoms with Gasteiger partial charge in [-0.25, -0.2) is 4.39 Å². The molecule has 3 rings (SSSR count). The number of primary amides is 1. The molecule has 2 aliphatic heterocycles. The van der Waals surface area contributed by atoms with E-state index < -0.39 is 5.91 Å². The van der Waals surface area contributed by atoms with E-state index in [1.165, 1.54) is 11.0 Å². The lowest BCUT2D eigenvalue weighted by molar-refractivity contribution is -0.132. The van der Waals surface area contributed by atoms with E-state index >= 15 is 0 Å². The number of carbonyl (C=O) groups is 2. The highest BCUT2D eigenvalue weighted by atomic mass is 19.1. The first-order valence-corrected chi connectivity index (χ1v) is 6.56. The number of nitrogens with two attached hydrogens (primary N) is 1. The van der Waals surface area contributed by atoms with Gasteiger partial charge >= 0.3 is 0 Å². The maximum absolute atomic E-state index is 14.1. The first-order chi connectivity index (χ1) is 9.54. The van der Waals surface area contributed by atoms with Crippen molar-refractivity contribution in [1.29, 1.82) is 0 Å². The van der Waals surface area contributed by atoms with Crippen molar-refractivity contribution in [3.05, 3.63) is 29.1 Å². The number of benzene rings is 1. The average molecular weight is 278 g/mol. The van der Waals surface area contributed by atoms with E-state index in [0.717, 1.165) is 12.0 Å². The van der Waals surface area contributed by atoms with E-state index in [1.807, 2.05) is 0 Å². The maximum Gasteiger partial charge on any atom is 0.237 e. The van der Waals surface area contributed by atoms with E-state index in [9.17, 15) is 14.0 Å². The van der Waals surface area contributed by atoms with Crippen LogP contribution in [0.3, 0.4) is 0 Å². The number of rotatable bonds is 3. The summed E-state index contributed by atoms with van der Waals surface area (Å²) in [6, 6.07) is 3.17. The number of amides is 2. The van der Waals surface area contributed by atoms with E-state index in [1.54, 1.807) is 6.07 Å². The summed E-state index contributed by atoms with van der Waals surface area (Å²) in [7, 11) is 0. The summed E-state index contributed by atoms with van der Waals surface area (Å²) in [5, 5.41) is 0. The van der Waals surface area contributed by atoms with E-state index in [4.69, 9.17) is 10.5 Å². The Morgan fingerprint density at radius 1 is 1.50 bits per heavy atom. The van der Waals surface area contributed by atoms with Crippen LogP contribution < -0.4 is 10.5 Å². The number of likely N-dealkylation sites (tertiary alicyclic amines) is 1. The number of ether oxygens (including phenoxy) is 1. The number of hydrogen-bond donors (Lipinski definition) is 1. The van der Waals surface area contributed by atoms with Crippen LogP contribution in [0, 0.1) is 5.82 Å². The maximum atomic E-state index is 14.1. The van der Waals surface area contributed by atoms with Gasteiger partial charge in [0.25, 0.3) is 0 Å². The Bertz CT molecular complexity index is 588. The van der Waals surface area contributed by atoms with Crippen molar-refractivity contribution < 1.29 is 18.7 Å². The molecule has 0 radical (unpaired) electrons. The minimum atomic E-state index is -0.554. The first kappa shape index (κ1) is 12.9. The standard InChI is InChI=1S/C14H15FN2O3/c15-11-5-12-8(1-2-20-12)3-10(11)9-4-14(19)17(6-9)7-13(16)18/h3,5,9H,1-2,4,6-7H2,(H2,16,18). The Morgan fingerprint density at radius 3 is 3.05 bits per heavy atom. The largest absolute Gasteiger partial charge is 0.493 e. The molecule has 2 heterocycles. The van der Waals surface area contributed by atoms with Gasteiger partial charge in [0, 0.05) is 31.4 Å². The van der Waals surface area contributed by atoms with Gasteiger partial charge < -0.3 is 15.4 Å². The smallest absolute Gasteiger partial charge is 0.237 e. The molecular formula is C14H15FN2O3. The lowest BCUT2D eigenvalue weighted by Gasteiger charge is -2.15. The summed E-state index contributed by atoms with van der Waals surface area (Å²) in [5.41, 5.74) is 6.60. The second-order valence-electron chi connectivity index (χ2n) is 5.22. The summed E-state index contributed by atoms with van der Waals surface area (Å²) in [6.07, 6.45) is 0.970. The Morgan fingerprint density at radius 2 is 2.30 bits per heavy atom. The van der Waals surface area contributed by atoms with Crippen molar-refractivity contribution >= 4 is 11.8 Å². The number of fused-ring (bicyclic) bond motifs is 1. The van der Waals surface area contributed by atoms with Crippen LogP contribution >= 0.6 is 0 Å². The molecule has 1 fully saturated rings. The molecule has 1 saturated heterocycles. The third-order valence-electron chi connectivity index (χ3n) is 3.81.